The Morgan fingerprint density at radius 1 is 1.14 bits per heavy atom. The fourth-order valence-corrected chi connectivity index (χ4v) is 2.48. The van der Waals surface area contributed by atoms with Gasteiger partial charge in [0.2, 0.25) is 5.75 Å². The third kappa shape index (κ3) is 3.25. The van der Waals surface area contributed by atoms with Gasteiger partial charge >= 0.3 is 0 Å². The predicted octanol–water partition coefficient (Wildman–Crippen LogP) is 2.73. The zero-order chi connectivity index (χ0) is 15.4. The molecular weight excluding hydrogens is 292 g/mol. The van der Waals surface area contributed by atoms with Gasteiger partial charge in [-0.25, -0.2) is 4.98 Å². The molecule has 0 fully saturated rings. The van der Waals surface area contributed by atoms with Gasteiger partial charge in [0, 0.05) is 10.9 Å². The lowest BCUT2D eigenvalue weighted by Gasteiger charge is -2.13. The molecule has 1 amide bonds. The average Bonchev–Trinajstić information content (AvgIpc) is 2.90. The third-order valence-corrected chi connectivity index (χ3v) is 3.64. The van der Waals surface area contributed by atoms with E-state index < -0.39 is 0 Å². The highest BCUT2D eigenvalue weighted by Crippen LogP contribution is 2.38. The number of benzene rings is 1. The Kier molecular flexibility index (Phi) is 4.64. The molecule has 0 atom stereocenters. The monoisotopic (exact) mass is 308 g/mol. The summed E-state index contributed by atoms with van der Waals surface area (Å²) in [6.07, 6.45) is 0. The van der Waals surface area contributed by atoms with Gasteiger partial charge in [-0.15, -0.1) is 11.3 Å². The number of nitrogens with one attached hydrogen (secondary N) is 1. The highest BCUT2D eigenvalue weighted by molar-refractivity contribution is 7.13. The first-order valence-electron chi connectivity index (χ1n) is 6.12. The highest BCUT2D eigenvalue weighted by Gasteiger charge is 2.17. The largest absolute Gasteiger partial charge is 0.493 e. The van der Waals surface area contributed by atoms with E-state index in [1.165, 1.54) is 32.7 Å². The lowest BCUT2D eigenvalue weighted by atomic mass is 10.1. The molecule has 0 saturated carbocycles. The van der Waals surface area contributed by atoms with Crippen LogP contribution in [0.3, 0.4) is 0 Å². The van der Waals surface area contributed by atoms with E-state index in [9.17, 15) is 4.79 Å². The molecule has 0 unspecified atom stereocenters. The van der Waals surface area contributed by atoms with E-state index in [0.717, 1.165) is 5.69 Å². The Balaban J connectivity index is 2.32. The van der Waals surface area contributed by atoms with Crippen molar-refractivity contribution in [2.45, 2.75) is 6.92 Å². The minimum atomic E-state index is -0.288. The Morgan fingerprint density at radius 3 is 2.19 bits per heavy atom. The number of anilines is 1. The number of ether oxygens (including phenoxy) is 3. The fraction of sp³-hybridized carbons (Fsp3) is 0.286. The summed E-state index contributed by atoms with van der Waals surface area (Å²) in [5.74, 6) is 1.01. The number of methoxy groups -OCH3 is 3. The van der Waals surface area contributed by atoms with Crippen LogP contribution in [0.4, 0.5) is 5.13 Å². The van der Waals surface area contributed by atoms with Crippen LogP contribution in [0.2, 0.25) is 0 Å². The number of rotatable bonds is 5. The van der Waals surface area contributed by atoms with Crippen molar-refractivity contribution in [2.75, 3.05) is 26.6 Å². The van der Waals surface area contributed by atoms with E-state index in [1.807, 2.05) is 12.3 Å². The molecule has 0 aliphatic heterocycles. The van der Waals surface area contributed by atoms with Gasteiger partial charge in [-0.3, -0.25) is 10.1 Å². The molecule has 0 spiro atoms. The van der Waals surface area contributed by atoms with Crippen molar-refractivity contribution in [3.63, 3.8) is 0 Å². The lowest BCUT2D eigenvalue weighted by Crippen LogP contribution is -2.12. The summed E-state index contributed by atoms with van der Waals surface area (Å²) in [5.41, 5.74) is 1.26. The second-order valence-electron chi connectivity index (χ2n) is 4.16. The summed E-state index contributed by atoms with van der Waals surface area (Å²) in [7, 11) is 4.52. The summed E-state index contributed by atoms with van der Waals surface area (Å²) < 4.78 is 15.7. The molecule has 1 heterocycles. The number of carbonyl (C=O) groups is 1. The minimum Gasteiger partial charge on any atom is -0.493 e. The fourth-order valence-electron chi connectivity index (χ4n) is 1.79. The van der Waals surface area contributed by atoms with Gasteiger partial charge in [-0.2, -0.15) is 0 Å². The van der Waals surface area contributed by atoms with Gasteiger partial charge in [0.15, 0.2) is 16.6 Å². The highest BCUT2D eigenvalue weighted by atomic mass is 32.1. The van der Waals surface area contributed by atoms with E-state index in [4.69, 9.17) is 14.2 Å². The van der Waals surface area contributed by atoms with Crippen LogP contribution in [-0.4, -0.2) is 32.2 Å². The molecule has 6 nitrogen and oxygen atoms in total. The Morgan fingerprint density at radius 2 is 1.76 bits per heavy atom. The SMILES string of the molecule is COc1cc(C(=O)Nc2nc(C)cs2)cc(OC)c1OC. The number of aromatic nitrogens is 1. The number of hydrogen-bond donors (Lipinski definition) is 1. The molecule has 21 heavy (non-hydrogen) atoms. The van der Waals surface area contributed by atoms with Crippen molar-refractivity contribution in [3.05, 3.63) is 28.8 Å². The van der Waals surface area contributed by atoms with Gasteiger partial charge in [-0.05, 0) is 19.1 Å². The Labute approximate surface area is 126 Å². The molecule has 1 aromatic heterocycles. The lowest BCUT2D eigenvalue weighted by molar-refractivity contribution is 0.102. The van der Waals surface area contributed by atoms with E-state index in [1.54, 1.807) is 12.1 Å². The summed E-state index contributed by atoms with van der Waals surface area (Å²) >= 11 is 1.37. The van der Waals surface area contributed by atoms with Crippen molar-refractivity contribution in [2.24, 2.45) is 0 Å². The number of aryl methyl sites for hydroxylation is 1. The van der Waals surface area contributed by atoms with Crippen LogP contribution in [-0.2, 0) is 0 Å². The molecule has 1 aromatic carbocycles. The molecule has 2 aromatic rings. The molecule has 0 bridgehead atoms. The summed E-state index contributed by atoms with van der Waals surface area (Å²) in [4.78, 5) is 16.5. The van der Waals surface area contributed by atoms with Crippen molar-refractivity contribution in [1.29, 1.82) is 0 Å². The van der Waals surface area contributed by atoms with Crippen LogP contribution in [0.5, 0.6) is 17.2 Å². The maximum atomic E-state index is 12.3. The van der Waals surface area contributed by atoms with E-state index in [2.05, 4.69) is 10.3 Å². The number of amides is 1. The summed E-state index contributed by atoms with van der Waals surface area (Å²) in [6.45, 7) is 1.87. The van der Waals surface area contributed by atoms with Crippen LogP contribution in [0, 0.1) is 6.92 Å². The number of carbonyl (C=O) groups excluding carboxylic acids is 1. The summed E-state index contributed by atoms with van der Waals surface area (Å²) in [6, 6.07) is 3.19. The minimum absolute atomic E-state index is 0.288. The van der Waals surface area contributed by atoms with Crippen LogP contribution in [0.15, 0.2) is 17.5 Å². The molecular formula is C14H16N2O4S. The number of thiazole rings is 1. The maximum absolute atomic E-state index is 12.3. The molecule has 0 aliphatic carbocycles. The standard InChI is InChI=1S/C14H16N2O4S/c1-8-7-21-14(15-8)16-13(17)9-5-10(18-2)12(20-4)11(6-9)19-3/h5-7H,1-4H3,(H,15,16,17). The van der Waals surface area contributed by atoms with Gasteiger partial charge in [-0.1, -0.05) is 0 Å². The van der Waals surface area contributed by atoms with Crippen LogP contribution < -0.4 is 19.5 Å². The van der Waals surface area contributed by atoms with Gasteiger partial charge in [0.1, 0.15) is 0 Å². The number of hydrogen-bond acceptors (Lipinski definition) is 6. The first-order chi connectivity index (χ1) is 10.1. The molecule has 0 saturated heterocycles. The van der Waals surface area contributed by atoms with E-state index in [0.29, 0.717) is 27.9 Å². The average molecular weight is 308 g/mol. The first kappa shape index (κ1) is 15.1. The Bertz CT molecular complexity index is 629. The topological polar surface area (TPSA) is 69.7 Å². The second kappa shape index (κ2) is 6.45. The zero-order valence-corrected chi connectivity index (χ0v) is 13.0. The first-order valence-corrected chi connectivity index (χ1v) is 7.00. The Hall–Kier alpha value is -2.28. The third-order valence-electron chi connectivity index (χ3n) is 2.77. The number of nitrogens with zero attached hydrogens (tertiary/aromatic N) is 1. The van der Waals surface area contributed by atoms with Crippen LogP contribution >= 0.6 is 11.3 Å². The van der Waals surface area contributed by atoms with Crippen LogP contribution in [0.1, 0.15) is 16.1 Å². The van der Waals surface area contributed by atoms with Crippen molar-refractivity contribution >= 4 is 22.4 Å². The van der Waals surface area contributed by atoms with Crippen molar-refractivity contribution in [1.82, 2.24) is 4.98 Å². The van der Waals surface area contributed by atoms with Crippen LogP contribution in [0.25, 0.3) is 0 Å². The zero-order valence-electron chi connectivity index (χ0n) is 12.2. The molecule has 7 heteroatoms. The molecule has 0 radical (unpaired) electrons. The van der Waals surface area contributed by atoms with Gasteiger partial charge in [0.05, 0.1) is 27.0 Å². The predicted molar refractivity (Wildman–Crippen MR) is 80.9 cm³/mol. The second-order valence-corrected chi connectivity index (χ2v) is 5.02. The van der Waals surface area contributed by atoms with E-state index in [-0.39, 0.29) is 5.91 Å². The van der Waals surface area contributed by atoms with Gasteiger partial charge < -0.3 is 14.2 Å². The van der Waals surface area contributed by atoms with Crippen molar-refractivity contribution < 1.29 is 19.0 Å². The maximum Gasteiger partial charge on any atom is 0.257 e. The van der Waals surface area contributed by atoms with Gasteiger partial charge in [0.25, 0.3) is 5.91 Å². The van der Waals surface area contributed by atoms with E-state index >= 15 is 0 Å². The molecule has 112 valence electrons. The molecule has 1 N–H and O–H groups in total. The smallest absolute Gasteiger partial charge is 0.257 e. The van der Waals surface area contributed by atoms with Crippen molar-refractivity contribution in [3.8, 4) is 17.2 Å². The molecule has 2 rings (SSSR count). The quantitative estimate of drug-likeness (QED) is 0.919. The molecule has 0 aliphatic rings. The normalized spacial score (nSPS) is 10.1. The summed E-state index contributed by atoms with van der Waals surface area (Å²) in [5, 5.41) is 5.15.